The van der Waals surface area contributed by atoms with Crippen LogP contribution in [0.15, 0.2) is 53.4 Å². The van der Waals surface area contributed by atoms with Crippen molar-refractivity contribution in [3.05, 3.63) is 64.7 Å². The molecule has 100 valence electrons. The van der Waals surface area contributed by atoms with Gasteiger partial charge < -0.3 is 5.73 Å². The van der Waals surface area contributed by atoms with E-state index in [1.54, 1.807) is 11.8 Å². The molecule has 0 aliphatic carbocycles. The number of halogens is 1. The molecule has 0 radical (unpaired) electrons. The lowest BCUT2D eigenvalue weighted by Crippen LogP contribution is -2.22. The van der Waals surface area contributed by atoms with Gasteiger partial charge in [-0.25, -0.2) is 0 Å². The van der Waals surface area contributed by atoms with E-state index in [9.17, 15) is 0 Å². The first-order valence-electron chi connectivity index (χ1n) is 6.30. The van der Waals surface area contributed by atoms with Crippen molar-refractivity contribution in [3.63, 3.8) is 0 Å². The second-order valence-corrected chi connectivity index (χ2v) is 6.42. The zero-order chi connectivity index (χ0) is 13.8. The van der Waals surface area contributed by atoms with E-state index in [0.29, 0.717) is 0 Å². The Morgan fingerprint density at radius 1 is 1.11 bits per heavy atom. The maximum absolute atomic E-state index is 6.14. The van der Waals surface area contributed by atoms with Crippen LogP contribution in [0.5, 0.6) is 0 Å². The summed E-state index contributed by atoms with van der Waals surface area (Å²) < 4.78 is 0. The van der Waals surface area contributed by atoms with E-state index in [1.807, 2.05) is 25.1 Å². The van der Waals surface area contributed by atoms with Gasteiger partial charge in [0.25, 0.3) is 0 Å². The molecule has 0 heterocycles. The minimum atomic E-state index is 0.0592. The van der Waals surface area contributed by atoms with Crippen LogP contribution in [0, 0.1) is 6.92 Å². The Balaban J connectivity index is 2.26. The van der Waals surface area contributed by atoms with Crippen LogP contribution in [0.1, 0.15) is 23.3 Å². The van der Waals surface area contributed by atoms with Crippen molar-refractivity contribution in [2.45, 2.75) is 30.0 Å². The lowest BCUT2D eigenvalue weighted by Gasteiger charge is -2.21. The van der Waals surface area contributed by atoms with Crippen LogP contribution < -0.4 is 5.73 Å². The average Bonchev–Trinajstić information content (AvgIpc) is 2.35. The van der Waals surface area contributed by atoms with Crippen LogP contribution in [0.2, 0.25) is 5.02 Å². The standard InChI is InChI=1S/C16H18ClNS/c1-11-5-3-8-15(9-11)19-16(12(2)18)13-6-4-7-14(17)10-13/h3-10,12,16H,18H2,1-2H3. The second-order valence-electron chi connectivity index (χ2n) is 4.77. The molecule has 0 bridgehead atoms. The summed E-state index contributed by atoms with van der Waals surface area (Å²) in [5, 5.41) is 0.966. The molecular weight excluding hydrogens is 274 g/mol. The van der Waals surface area contributed by atoms with Crippen molar-refractivity contribution < 1.29 is 0 Å². The Morgan fingerprint density at radius 3 is 2.47 bits per heavy atom. The van der Waals surface area contributed by atoms with Crippen molar-refractivity contribution in [3.8, 4) is 0 Å². The van der Waals surface area contributed by atoms with Crippen molar-refractivity contribution >= 4 is 23.4 Å². The van der Waals surface area contributed by atoms with E-state index in [2.05, 4.69) is 37.3 Å². The molecule has 2 rings (SSSR count). The van der Waals surface area contributed by atoms with Gasteiger partial charge in [0.15, 0.2) is 0 Å². The highest BCUT2D eigenvalue weighted by Crippen LogP contribution is 2.38. The summed E-state index contributed by atoms with van der Waals surface area (Å²) in [6.45, 7) is 4.14. The molecule has 19 heavy (non-hydrogen) atoms. The lowest BCUT2D eigenvalue weighted by molar-refractivity contribution is 0.721. The highest BCUT2D eigenvalue weighted by Gasteiger charge is 2.18. The summed E-state index contributed by atoms with van der Waals surface area (Å²) in [5.74, 6) is 0. The molecule has 2 aromatic rings. The molecule has 0 saturated carbocycles. The maximum atomic E-state index is 6.14. The molecule has 0 aromatic heterocycles. The average molecular weight is 292 g/mol. The summed E-state index contributed by atoms with van der Waals surface area (Å²) in [4.78, 5) is 1.24. The van der Waals surface area contributed by atoms with Gasteiger partial charge in [0, 0.05) is 21.2 Å². The molecule has 0 aliphatic heterocycles. The van der Waals surface area contributed by atoms with E-state index in [1.165, 1.54) is 16.0 Å². The number of thioether (sulfide) groups is 1. The maximum Gasteiger partial charge on any atom is 0.0493 e. The SMILES string of the molecule is Cc1cccc(SC(c2cccc(Cl)c2)C(C)N)c1. The van der Waals surface area contributed by atoms with Crippen molar-refractivity contribution in [2.24, 2.45) is 5.73 Å². The van der Waals surface area contributed by atoms with Crippen LogP contribution in [0.4, 0.5) is 0 Å². The lowest BCUT2D eigenvalue weighted by atomic mass is 10.1. The fourth-order valence-corrected chi connectivity index (χ4v) is 3.40. The van der Waals surface area contributed by atoms with Crippen LogP contribution in [0.3, 0.4) is 0 Å². The summed E-state index contributed by atoms with van der Waals surface area (Å²) in [6.07, 6.45) is 0. The molecule has 0 spiro atoms. The Kier molecular flexibility index (Phi) is 4.92. The first-order chi connectivity index (χ1) is 9.06. The minimum Gasteiger partial charge on any atom is -0.327 e. The largest absolute Gasteiger partial charge is 0.327 e. The van der Waals surface area contributed by atoms with Gasteiger partial charge in [0.2, 0.25) is 0 Å². The number of benzene rings is 2. The number of nitrogens with two attached hydrogens (primary N) is 1. The predicted octanol–water partition coefficient (Wildman–Crippen LogP) is 4.83. The Bertz CT molecular complexity index is 554. The molecule has 0 aliphatic rings. The Morgan fingerprint density at radius 2 is 1.84 bits per heavy atom. The smallest absolute Gasteiger partial charge is 0.0493 e. The molecule has 2 N–H and O–H groups in total. The third kappa shape index (κ3) is 4.00. The van der Waals surface area contributed by atoms with Gasteiger partial charge in [0.05, 0.1) is 0 Å². The van der Waals surface area contributed by atoms with E-state index in [-0.39, 0.29) is 11.3 Å². The van der Waals surface area contributed by atoms with Crippen LogP contribution in [0.25, 0.3) is 0 Å². The van der Waals surface area contributed by atoms with Gasteiger partial charge in [-0.15, -0.1) is 11.8 Å². The normalized spacial score (nSPS) is 14.1. The van der Waals surface area contributed by atoms with E-state index < -0.39 is 0 Å². The zero-order valence-corrected chi connectivity index (χ0v) is 12.7. The van der Waals surface area contributed by atoms with Gasteiger partial charge in [-0.3, -0.25) is 0 Å². The fourth-order valence-electron chi connectivity index (χ4n) is 2.00. The number of hydrogen-bond acceptors (Lipinski definition) is 2. The molecule has 1 nitrogen and oxygen atoms in total. The first kappa shape index (κ1) is 14.4. The number of aryl methyl sites for hydroxylation is 1. The van der Waals surface area contributed by atoms with Crippen molar-refractivity contribution in [1.29, 1.82) is 0 Å². The molecule has 2 unspecified atom stereocenters. The number of rotatable bonds is 4. The third-order valence-corrected chi connectivity index (χ3v) is 4.62. The van der Waals surface area contributed by atoms with Gasteiger partial charge in [-0.05, 0) is 43.7 Å². The zero-order valence-electron chi connectivity index (χ0n) is 11.1. The number of hydrogen-bond donors (Lipinski definition) is 1. The molecule has 0 saturated heterocycles. The van der Waals surface area contributed by atoms with Gasteiger partial charge in [-0.2, -0.15) is 0 Å². The quantitative estimate of drug-likeness (QED) is 0.817. The summed E-state index contributed by atoms with van der Waals surface area (Å²) >= 11 is 7.86. The molecular formula is C16H18ClNS. The second kappa shape index (κ2) is 6.47. The highest BCUT2D eigenvalue weighted by atomic mass is 35.5. The van der Waals surface area contributed by atoms with Crippen LogP contribution in [-0.4, -0.2) is 6.04 Å². The van der Waals surface area contributed by atoms with E-state index >= 15 is 0 Å². The van der Waals surface area contributed by atoms with Crippen LogP contribution >= 0.6 is 23.4 Å². The molecule has 2 aromatic carbocycles. The summed E-state index contributed by atoms with van der Waals surface area (Å²) in [6, 6.07) is 16.5. The van der Waals surface area contributed by atoms with Crippen molar-refractivity contribution in [2.75, 3.05) is 0 Å². The molecule has 3 heteroatoms. The minimum absolute atomic E-state index is 0.0592. The van der Waals surface area contributed by atoms with E-state index in [4.69, 9.17) is 17.3 Å². The third-order valence-electron chi connectivity index (χ3n) is 2.91. The molecule has 0 amide bonds. The topological polar surface area (TPSA) is 26.0 Å². The highest BCUT2D eigenvalue weighted by molar-refractivity contribution is 7.99. The predicted molar refractivity (Wildman–Crippen MR) is 84.9 cm³/mol. The van der Waals surface area contributed by atoms with Crippen molar-refractivity contribution in [1.82, 2.24) is 0 Å². The first-order valence-corrected chi connectivity index (χ1v) is 7.56. The Hall–Kier alpha value is -0.960. The molecule has 0 fully saturated rings. The Labute approximate surface area is 124 Å². The summed E-state index contributed by atoms with van der Waals surface area (Å²) in [7, 11) is 0. The molecule has 2 atom stereocenters. The summed E-state index contributed by atoms with van der Waals surface area (Å²) in [5.41, 5.74) is 8.58. The van der Waals surface area contributed by atoms with Gasteiger partial charge in [0.1, 0.15) is 0 Å². The van der Waals surface area contributed by atoms with E-state index in [0.717, 1.165) is 5.02 Å². The van der Waals surface area contributed by atoms with Gasteiger partial charge >= 0.3 is 0 Å². The monoisotopic (exact) mass is 291 g/mol. The van der Waals surface area contributed by atoms with Gasteiger partial charge in [-0.1, -0.05) is 41.4 Å². The van der Waals surface area contributed by atoms with Crippen LogP contribution in [-0.2, 0) is 0 Å². The fraction of sp³-hybridized carbons (Fsp3) is 0.250.